The Hall–Kier alpha value is -3.40. The molecule has 5 heterocycles. The molecule has 202 valence electrons. The first-order valence-electron chi connectivity index (χ1n) is 14.1. The van der Waals surface area contributed by atoms with Crippen molar-refractivity contribution in [2.45, 2.75) is 62.9 Å². The van der Waals surface area contributed by atoms with Crippen molar-refractivity contribution < 1.29 is 9.59 Å². The minimum Gasteiger partial charge on any atom is -0.364 e. The van der Waals surface area contributed by atoms with Gasteiger partial charge in [0.25, 0.3) is 5.91 Å². The molecule has 1 aromatic carbocycles. The maximum atomic E-state index is 13.1. The Morgan fingerprint density at radius 2 is 1.71 bits per heavy atom. The Morgan fingerprint density at radius 1 is 0.947 bits per heavy atom. The van der Waals surface area contributed by atoms with Crippen LogP contribution in [0.25, 0.3) is 0 Å². The third kappa shape index (κ3) is 5.01. The van der Waals surface area contributed by atoms with E-state index in [2.05, 4.69) is 42.5 Å². The molecule has 4 N–H and O–H groups in total. The number of nitrogens with two attached hydrogens (primary N) is 1. The van der Waals surface area contributed by atoms with Crippen molar-refractivity contribution in [3.63, 3.8) is 0 Å². The van der Waals surface area contributed by atoms with E-state index in [1.807, 2.05) is 12.1 Å². The maximum absolute atomic E-state index is 13.1. The molecule has 2 unspecified atom stereocenters. The summed E-state index contributed by atoms with van der Waals surface area (Å²) in [5.41, 5.74) is 7.94. The van der Waals surface area contributed by atoms with E-state index < -0.39 is 5.91 Å². The Balaban J connectivity index is 1.18. The van der Waals surface area contributed by atoms with Crippen molar-refractivity contribution in [3.05, 3.63) is 41.7 Å². The Bertz CT molecular complexity index is 1170. The summed E-state index contributed by atoms with van der Waals surface area (Å²) in [6, 6.07) is 9.05. The monoisotopic (exact) mass is 518 g/mol. The highest BCUT2D eigenvalue weighted by atomic mass is 16.2. The SMILES string of the molecule is NC(=O)c1ncc(N2CCCC(N3CC4CCCCN4C3=O)C2)nc1Nc1ccc(C2CCNCC2)cc1. The summed E-state index contributed by atoms with van der Waals surface area (Å²) in [7, 11) is 0. The molecular formula is C28H38N8O2. The number of urea groups is 1. The summed E-state index contributed by atoms with van der Waals surface area (Å²) < 4.78 is 0. The van der Waals surface area contributed by atoms with E-state index in [4.69, 9.17) is 10.7 Å². The van der Waals surface area contributed by atoms with E-state index >= 15 is 0 Å². The van der Waals surface area contributed by atoms with Crippen LogP contribution < -0.4 is 21.3 Å². The second kappa shape index (κ2) is 10.8. The van der Waals surface area contributed by atoms with E-state index in [1.54, 1.807) is 6.20 Å². The van der Waals surface area contributed by atoms with Gasteiger partial charge in [0.05, 0.1) is 18.3 Å². The Morgan fingerprint density at radius 3 is 2.47 bits per heavy atom. The second-order valence-electron chi connectivity index (χ2n) is 11.1. The smallest absolute Gasteiger partial charge is 0.320 e. The van der Waals surface area contributed by atoms with Gasteiger partial charge >= 0.3 is 6.03 Å². The average molecular weight is 519 g/mol. The maximum Gasteiger partial charge on any atom is 0.320 e. The van der Waals surface area contributed by atoms with Gasteiger partial charge in [-0.05, 0) is 81.6 Å². The fraction of sp³-hybridized carbons (Fsp3) is 0.571. The molecule has 10 nitrogen and oxygen atoms in total. The van der Waals surface area contributed by atoms with Crippen LogP contribution in [0, 0.1) is 0 Å². The highest BCUT2D eigenvalue weighted by molar-refractivity contribution is 5.96. The number of primary amides is 1. The first-order chi connectivity index (χ1) is 18.6. The molecule has 38 heavy (non-hydrogen) atoms. The van der Waals surface area contributed by atoms with Crippen LogP contribution in [-0.4, -0.2) is 83.1 Å². The summed E-state index contributed by atoms with van der Waals surface area (Å²) in [5.74, 6) is 1.01. The van der Waals surface area contributed by atoms with Gasteiger partial charge in [-0.25, -0.2) is 14.8 Å². The lowest BCUT2D eigenvalue weighted by atomic mass is 9.90. The topological polar surface area (TPSA) is 120 Å². The predicted octanol–water partition coefficient (Wildman–Crippen LogP) is 3.04. The van der Waals surface area contributed by atoms with Gasteiger partial charge in [0.2, 0.25) is 0 Å². The third-order valence-electron chi connectivity index (χ3n) is 8.66. The zero-order valence-electron chi connectivity index (χ0n) is 21.9. The third-order valence-corrected chi connectivity index (χ3v) is 8.66. The largest absolute Gasteiger partial charge is 0.364 e. The molecule has 0 spiro atoms. The zero-order chi connectivity index (χ0) is 26.1. The van der Waals surface area contributed by atoms with Crippen LogP contribution in [0.15, 0.2) is 30.5 Å². The van der Waals surface area contributed by atoms with E-state index in [1.165, 1.54) is 12.0 Å². The molecule has 4 aliphatic rings. The normalized spacial score (nSPS) is 24.4. The fourth-order valence-corrected chi connectivity index (χ4v) is 6.57. The molecule has 6 rings (SSSR count). The number of amides is 3. The molecule has 0 aliphatic carbocycles. The summed E-state index contributed by atoms with van der Waals surface area (Å²) in [6.45, 7) is 5.35. The minimum absolute atomic E-state index is 0.122. The lowest BCUT2D eigenvalue weighted by Gasteiger charge is -2.38. The van der Waals surface area contributed by atoms with Gasteiger partial charge in [-0.1, -0.05) is 12.1 Å². The molecule has 0 radical (unpaired) electrons. The summed E-state index contributed by atoms with van der Waals surface area (Å²) in [5, 5.41) is 6.70. The van der Waals surface area contributed by atoms with Gasteiger partial charge in [0, 0.05) is 31.9 Å². The van der Waals surface area contributed by atoms with Crippen molar-refractivity contribution >= 4 is 29.3 Å². The number of anilines is 3. The molecule has 4 fully saturated rings. The van der Waals surface area contributed by atoms with Crippen LogP contribution >= 0.6 is 0 Å². The van der Waals surface area contributed by atoms with Crippen LogP contribution in [0.4, 0.5) is 22.1 Å². The number of piperidine rings is 3. The number of carbonyl (C=O) groups is 2. The number of hydrogen-bond acceptors (Lipinski definition) is 7. The van der Waals surface area contributed by atoms with Crippen LogP contribution in [0.1, 0.15) is 66.9 Å². The molecule has 3 amide bonds. The van der Waals surface area contributed by atoms with Crippen molar-refractivity contribution in [2.24, 2.45) is 5.73 Å². The highest BCUT2D eigenvalue weighted by Crippen LogP contribution is 2.31. The first kappa shape index (κ1) is 24.9. The first-order valence-corrected chi connectivity index (χ1v) is 14.1. The average Bonchev–Trinajstić information content (AvgIpc) is 3.30. The molecule has 1 aromatic heterocycles. The minimum atomic E-state index is -0.617. The molecule has 4 aliphatic heterocycles. The van der Waals surface area contributed by atoms with Gasteiger partial charge in [-0.2, -0.15) is 0 Å². The van der Waals surface area contributed by atoms with E-state index in [9.17, 15) is 9.59 Å². The van der Waals surface area contributed by atoms with Gasteiger partial charge in [-0.15, -0.1) is 0 Å². The molecule has 0 bridgehead atoms. The highest BCUT2D eigenvalue weighted by Gasteiger charge is 2.42. The Kier molecular flexibility index (Phi) is 7.06. The van der Waals surface area contributed by atoms with Gasteiger partial charge in [0.15, 0.2) is 11.5 Å². The van der Waals surface area contributed by atoms with Gasteiger partial charge in [0.1, 0.15) is 5.82 Å². The second-order valence-corrected chi connectivity index (χ2v) is 11.1. The number of nitrogens with one attached hydrogen (secondary N) is 2. The predicted molar refractivity (Wildman–Crippen MR) is 147 cm³/mol. The molecular weight excluding hydrogens is 480 g/mol. The zero-order valence-corrected chi connectivity index (χ0v) is 21.9. The standard InChI is InChI=1S/C28H38N8O2/c29-26(37)25-27(32-21-8-6-19(7-9-21)20-10-12-30-13-11-20)33-24(16-31-25)34-14-3-5-22(17-34)36-18-23-4-1-2-15-35(23)28(36)38/h6-9,16,20,22-23,30H,1-5,10-15,17-18H2,(H2,29,37)(H,32,33). The number of nitrogens with zero attached hydrogens (tertiary/aromatic N) is 5. The number of rotatable bonds is 6. The van der Waals surface area contributed by atoms with Crippen LogP contribution in [0.2, 0.25) is 0 Å². The van der Waals surface area contributed by atoms with Crippen LogP contribution in [0.3, 0.4) is 0 Å². The number of aromatic nitrogens is 2. The molecule has 10 heteroatoms. The number of fused-ring (bicyclic) bond motifs is 1. The van der Waals surface area contributed by atoms with E-state index in [0.717, 1.165) is 76.9 Å². The van der Waals surface area contributed by atoms with Gasteiger partial charge in [-0.3, -0.25) is 4.79 Å². The van der Waals surface area contributed by atoms with E-state index in [-0.39, 0.29) is 17.8 Å². The van der Waals surface area contributed by atoms with E-state index in [0.29, 0.717) is 30.1 Å². The number of hydrogen-bond donors (Lipinski definition) is 3. The summed E-state index contributed by atoms with van der Waals surface area (Å²) in [4.78, 5) is 40.8. The molecule has 0 saturated carbocycles. The fourth-order valence-electron chi connectivity index (χ4n) is 6.57. The van der Waals surface area contributed by atoms with Crippen LogP contribution in [-0.2, 0) is 0 Å². The lowest BCUT2D eigenvalue weighted by molar-refractivity contribution is 0.0996. The number of carbonyl (C=O) groups excluding carboxylic acids is 2. The summed E-state index contributed by atoms with van der Waals surface area (Å²) >= 11 is 0. The van der Waals surface area contributed by atoms with Crippen molar-refractivity contribution in [3.8, 4) is 0 Å². The quantitative estimate of drug-likeness (QED) is 0.538. The van der Waals surface area contributed by atoms with Crippen molar-refractivity contribution in [1.29, 1.82) is 0 Å². The van der Waals surface area contributed by atoms with Gasteiger partial charge < -0.3 is 31.1 Å². The molecule has 4 saturated heterocycles. The molecule has 2 atom stereocenters. The molecule has 2 aromatic rings. The number of benzene rings is 1. The van der Waals surface area contributed by atoms with Crippen LogP contribution in [0.5, 0.6) is 0 Å². The Labute approximate surface area is 224 Å². The van der Waals surface area contributed by atoms with Crippen molar-refractivity contribution in [2.75, 3.05) is 49.5 Å². The van der Waals surface area contributed by atoms with Crippen molar-refractivity contribution in [1.82, 2.24) is 25.1 Å². The lowest BCUT2D eigenvalue weighted by Crippen LogP contribution is -2.49. The summed E-state index contributed by atoms with van der Waals surface area (Å²) in [6.07, 6.45) is 9.29.